The van der Waals surface area contributed by atoms with Crippen LogP contribution in [0.25, 0.3) is 0 Å². The fourth-order valence-electron chi connectivity index (χ4n) is 3.06. The second-order valence-electron chi connectivity index (χ2n) is 6.83. The first-order chi connectivity index (χ1) is 12.8. The van der Waals surface area contributed by atoms with E-state index in [1.807, 2.05) is 43.3 Å². The molecule has 0 heterocycles. The minimum atomic E-state index is -0.133. The number of methoxy groups -OCH3 is 1. The van der Waals surface area contributed by atoms with Crippen molar-refractivity contribution >= 4 is 23.2 Å². The Hall–Kier alpha value is -2.82. The van der Waals surface area contributed by atoms with Crippen LogP contribution in [0.2, 0.25) is 0 Å². The predicted molar refractivity (Wildman–Crippen MR) is 110 cm³/mol. The molecule has 144 valence electrons. The Morgan fingerprint density at radius 3 is 2.44 bits per heavy atom. The number of aryl methyl sites for hydroxylation is 1. The minimum Gasteiger partial charge on any atom is -0.495 e. The molecule has 0 aliphatic rings. The summed E-state index contributed by atoms with van der Waals surface area (Å²) in [5, 5.41) is 3.03. The van der Waals surface area contributed by atoms with Crippen LogP contribution in [0.3, 0.4) is 0 Å². The van der Waals surface area contributed by atoms with Gasteiger partial charge < -0.3 is 15.0 Å². The maximum absolute atomic E-state index is 12.6. The summed E-state index contributed by atoms with van der Waals surface area (Å²) in [4.78, 5) is 26.3. The number of rotatable bonds is 7. The molecule has 2 amide bonds. The number of carbonyl (C=O) groups excluding carboxylic acids is 2. The van der Waals surface area contributed by atoms with Crippen molar-refractivity contribution in [1.82, 2.24) is 0 Å². The summed E-state index contributed by atoms with van der Waals surface area (Å²) in [5.74, 6) is 0.662. The fraction of sp³-hybridized carbons (Fsp3) is 0.364. The molecular weight excluding hydrogens is 340 g/mol. The van der Waals surface area contributed by atoms with Crippen LogP contribution < -0.4 is 15.0 Å². The molecule has 0 aliphatic heterocycles. The first-order valence-corrected chi connectivity index (χ1v) is 9.15. The highest BCUT2D eigenvalue weighted by atomic mass is 16.5. The molecule has 5 nitrogen and oxygen atoms in total. The Morgan fingerprint density at radius 2 is 1.81 bits per heavy atom. The van der Waals surface area contributed by atoms with Crippen molar-refractivity contribution in [2.75, 3.05) is 23.9 Å². The van der Waals surface area contributed by atoms with Crippen molar-refractivity contribution in [1.29, 1.82) is 0 Å². The quantitative estimate of drug-likeness (QED) is 0.782. The predicted octanol–water partition coefficient (Wildman–Crippen LogP) is 4.51. The van der Waals surface area contributed by atoms with Crippen LogP contribution in [0, 0.1) is 6.92 Å². The van der Waals surface area contributed by atoms with Crippen LogP contribution in [0.15, 0.2) is 42.5 Å². The van der Waals surface area contributed by atoms with Gasteiger partial charge in [0.15, 0.2) is 0 Å². The van der Waals surface area contributed by atoms with Crippen molar-refractivity contribution in [3.63, 3.8) is 0 Å². The average molecular weight is 368 g/mol. The summed E-state index contributed by atoms with van der Waals surface area (Å²) in [6.07, 6.45) is 0.198. The molecule has 2 aromatic carbocycles. The zero-order valence-electron chi connectivity index (χ0n) is 16.7. The molecule has 0 saturated heterocycles. The third kappa shape index (κ3) is 5.09. The van der Waals surface area contributed by atoms with Crippen molar-refractivity contribution in [2.45, 2.75) is 40.0 Å². The number of nitrogens with zero attached hydrogens (tertiary/aromatic N) is 1. The van der Waals surface area contributed by atoms with Crippen LogP contribution in [0.4, 0.5) is 11.4 Å². The van der Waals surface area contributed by atoms with Gasteiger partial charge in [0.2, 0.25) is 11.8 Å². The van der Waals surface area contributed by atoms with Gasteiger partial charge in [-0.25, -0.2) is 0 Å². The molecule has 0 aliphatic carbocycles. The van der Waals surface area contributed by atoms with Crippen molar-refractivity contribution in [3.8, 4) is 5.75 Å². The molecule has 0 bridgehead atoms. The topological polar surface area (TPSA) is 58.6 Å². The van der Waals surface area contributed by atoms with Gasteiger partial charge in [-0.15, -0.1) is 0 Å². The first-order valence-electron chi connectivity index (χ1n) is 9.15. The second kappa shape index (κ2) is 9.21. The summed E-state index contributed by atoms with van der Waals surface area (Å²) >= 11 is 0. The Kier molecular flexibility index (Phi) is 6.99. The molecule has 1 N–H and O–H groups in total. The normalized spacial score (nSPS) is 10.6. The molecule has 0 fully saturated rings. The van der Waals surface area contributed by atoms with Crippen LogP contribution in [0.5, 0.6) is 5.75 Å². The molecule has 2 aromatic rings. The van der Waals surface area contributed by atoms with E-state index in [2.05, 4.69) is 19.2 Å². The lowest BCUT2D eigenvalue weighted by Crippen LogP contribution is -2.32. The summed E-state index contributed by atoms with van der Waals surface area (Å²) in [7, 11) is 1.56. The fourth-order valence-corrected chi connectivity index (χ4v) is 3.06. The van der Waals surface area contributed by atoms with E-state index in [1.165, 1.54) is 6.92 Å². The zero-order valence-corrected chi connectivity index (χ0v) is 16.7. The van der Waals surface area contributed by atoms with Crippen LogP contribution in [0.1, 0.15) is 44.2 Å². The molecule has 5 heteroatoms. The Morgan fingerprint density at radius 1 is 1.11 bits per heavy atom. The van der Waals surface area contributed by atoms with Crippen molar-refractivity contribution in [2.24, 2.45) is 0 Å². The summed E-state index contributed by atoms with van der Waals surface area (Å²) in [6.45, 7) is 7.96. The molecule has 0 saturated carbocycles. The number of anilines is 2. The van der Waals surface area contributed by atoms with Gasteiger partial charge in [0, 0.05) is 25.6 Å². The van der Waals surface area contributed by atoms with Gasteiger partial charge >= 0.3 is 0 Å². The molecule has 0 unspecified atom stereocenters. The highest BCUT2D eigenvalue weighted by Crippen LogP contribution is 2.29. The highest BCUT2D eigenvalue weighted by molar-refractivity contribution is 5.96. The Balaban J connectivity index is 2.13. The number of nitrogens with one attached hydrogen (secondary N) is 1. The molecule has 0 radical (unpaired) electrons. The zero-order chi connectivity index (χ0) is 20.0. The molecule has 27 heavy (non-hydrogen) atoms. The van der Waals surface area contributed by atoms with E-state index in [-0.39, 0.29) is 24.8 Å². The number of benzene rings is 2. The van der Waals surface area contributed by atoms with Gasteiger partial charge in [-0.1, -0.05) is 44.2 Å². The lowest BCUT2D eigenvalue weighted by Gasteiger charge is -2.23. The van der Waals surface area contributed by atoms with E-state index < -0.39 is 0 Å². The number of ether oxygens (including phenoxy) is 1. The van der Waals surface area contributed by atoms with E-state index >= 15 is 0 Å². The summed E-state index contributed by atoms with van der Waals surface area (Å²) in [6, 6.07) is 13.3. The van der Waals surface area contributed by atoms with Crippen LogP contribution in [-0.4, -0.2) is 25.5 Å². The number of para-hydroxylation sites is 3. The van der Waals surface area contributed by atoms with Gasteiger partial charge in [0.05, 0.1) is 12.8 Å². The maximum Gasteiger partial charge on any atom is 0.226 e. The van der Waals surface area contributed by atoms with Crippen LogP contribution in [-0.2, 0) is 9.59 Å². The number of hydrogen-bond acceptors (Lipinski definition) is 3. The van der Waals surface area contributed by atoms with Gasteiger partial charge in [-0.05, 0) is 36.1 Å². The SMILES string of the molecule is COc1ccccc1N(CCC(=O)Nc1c(C)cccc1C(C)C)C(C)=O. The lowest BCUT2D eigenvalue weighted by atomic mass is 9.98. The van der Waals surface area contributed by atoms with E-state index in [4.69, 9.17) is 4.74 Å². The average Bonchev–Trinajstić information content (AvgIpc) is 2.63. The Bertz CT molecular complexity index is 815. The number of hydrogen-bond donors (Lipinski definition) is 1. The maximum atomic E-state index is 12.6. The van der Waals surface area contributed by atoms with Crippen molar-refractivity contribution < 1.29 is 14.3 Å². The van der Waals surface area contributed by atoms with E-state index in [9.17, 15) is 9.59 Å². The van der Waals surface area contributed by atoms with E-state index in [0.717, 1.165) is 16.8 Å². The number of carbonyl (C=O) groups is 2. The monoisotopic (exact) mass is 368 g/mol. The third-order valence-electron chi connectivity index (χ3n) is 4.51. The van der Waals surface area contributed by atoms with E-state index in [0.29, 0.717) is 17.4 Å². The first kappa shape index (κ1) is 20.5. The second-order valence-corrected chi connectivity index (χ2v) is 6.83. The third-order valence-corrected chi connectivity index (χ3v) is 4.51. The molecule has 0 atom stereocenters. The van der Waals surface area contributed by atoms with Gasteiger partial charge in [-0.3, -0.25) is 9.59 Å². The van der Waals surface area contributed by atoms with Gasteiger partial charge in [0.1, 0.15) is 5.75 Å². The van der Waals surface area contributed by atoms with E-state index in [1.54, 1.807) is 18.1 Å². The highest BCUT2D eigenvalue weighted by Gasteiger charge is 2.18. The molecular formula is C22H28N2O3. The summed E-state index contributed by atoms with van der Waals surface area (Å²) in [5.41, 5.74) is 3.67. The molecule has 2 rings (SSSR count). The minimum absolute atomic E-state index is 0.118. The summed E-state index contributed by atoms with van der Waals surface area (Å²) < 4.78 is 5.34. The molecule has 0 spiro atoms. The van der Waals surface area contributed by atoms with Gasteiger partial charge in [0.25, 0.3) is 0 Å². The lowest BCUT2D eigenvalue weighted by molar-refractivity contribution is -0.117. The van der Waals surface area contributed by atoms with Crippen LogP contribution >= 0.6 is 0 Å². The van der Waals surface area contributed by atoms with Gasteiger partial charge in [-0.2, -0.15) is 0 Å². The standard InChI is InChI=1S/C22H28N2O3/c1-15(2)18-10-8-9-16(3)22(18)23-21(26)13-14-24(17(4)25)19-11-6-7-12-20(19)27-5/h6-12,15H,13-14H2,1-5H3,(H,23,26). The smallest absolute Gasteiger partial charge is 0.226 e. The largest absolute Gasteiger partial charge is 0.495 e. The molecule has 0 aromatic heterocycles. The Labute approximate surface area is 161 Å². The number of amides is 2. The van der Waals surface area contributed by atoms with Crippen molar-refractivity contribution in [3.05, 3.63) is 53.6 Å².